The molecule has 0 saturated heterocycles. The summed E-state index contributed by atoms with van der Waals surface area (Å²) in [6.07, 6.45) is 1.13. The molecular weight excluding hydrogens is 216 g/mol. The first-order valence-corrected chi connectivity index (χ1v) is 5.96. The molecule has 0 aromatic heterocycles. The van der Waals surface area contributed by atoms with Gasteiger partial charge < -0.3 is 15.7 Å². The van der Waals surface area contributed by atoms with Gasteiger partial charge in [0, 0.05) is 25.3 Å². The molecule has 0 radical (unpaired) electrons. The monoisotopic (exact) mass is 236 g/mol. The van der Waals surface area contributed by atoms with Gasteiger partial charge in [0.2, 0.25) is 5.91 Å². The number of carbonyl (C=O) groups excluding carboxylic acids is 1. The normalized spacial score (nSPS) is 10.2. The Balaban J connectivity index is 2.37. The zero-order chi connectivity index (χ0) is 12.5. The number of hydrogen-bond acceptors (Lipinski definition) is 3. The minimum absolute atomic E-state index is 0.0147. The average molecular weight is 236 g/mol. The maximum absolute atomic E-state index is 11.5. The first-order chi connectivity index (χ1) is 8.26. The van der Waals surface area contributed by atoms with Crippen LogP contribution in [0.2, 0.25) is 0 Å². The van der Waals surface area contributed by atoms with Crippen LogP contribution in [0.4, 0.5) is 5.69 Å². The molecule has 0 aliphatic rings. The Labute approximate surface area is 102 Å². The van der Waals surface area contributed by atoms with E-state index in [1.54, 1.807) is 0 Å². The quantitative estimate of drug-likeness (QED) is 0.623. The van der Waals surface area contributed by atoms with E-state index in [4.69, 9.17) is 5.11 Å². The van der Waals surface area contributed by atoms with Crippen LogP contribution in [0.15, 0.2) is 24.3 Å². The molecule has 0 aliphatic heterocycles. The van der Waals surface area contributed by atoms with E-state index in [0.29, 0.717) is 19.4 Å². The van der Waals surface area contributed by atoms with E-state index in [1.807, 2.05) is 31.2 Å². The molecule has 1 rings (SSSR count). The summed E-state index contributed by atoms with van der Waals surface area (Å²) in [6.45, 7) is 3.74. The van der Waals surface area contributed by atoms with E-state index in [9.17, 15) is 4.79 Å². The number of rotatable bonds is 7. The van der Waals surface area contributed by atoms with Gasteiger partial charge in [-0.3, -0.25) is 4.79 Å². The lowest BCUT2D eigenvalue weighted by atomic mass is 10.1. The highest BCUT2D eigenvalue weighted by molar-refractivity contribution is 5.90. The number of amides is 1. The molecule has 1 aromatic carbocycles. The summed E-state index contributed by atoms with van der Waals surface area (Å²) in [4.78, 5) is 11.5. The summed E-state index contributed by atoms with van der Waals surface area (Å²) in [6, 6.07) is 7.54. The second-order valence-electron chi connectivity index (χ2n) is 3.82. The molecule has 0 heterocycles. The largest absolute Gasteiger partial charge is 0.396 e. The van der Waals surface area contributed by atoms with Crippen LogP contribution in [-0.4, -0.2) is 30.7 Å². The molecule has 0 atom stereocenters. The van der Waals surface area contributed by atoms with Crippen LogP contribution >= 0.6 is 0 Å². The minimum Gasteiger partial charge on any atom is -0.396 e. The van der Waals surface area contributed by atoms with Crippen molar-refractivity contribution < 1.29 is 9.90 Å². The molecule has 4 heteroatoms. The van der Waals surface area contributed by atoms with Crippen LogP contribution in [0.3, 0.4) is 0 Å². The number of aliphatic hydroxyl groups excluding tert-OH is 1. The van der Waals surface area contributed by atoms with Crippen molar-refractivity contribution in [2.45, 2.75) is 19.8 Å². The Hall–Kier alpha value is -1.39. The molecule has 4 nitrogen and oxygen atoms in total. The fraction of sp³-hybridized carbons (Fsp3) is 0.462. The van der Waals surface area contributed by atoms with Crippen molar-refractivity contribution in [1.29, 1.82) is 0 Å². The van der Waals surface area contributed by atoms with E-state index in [1.165, 1.54) is 0 Å². The molecule has 0 fully saturated rings. The minimum atomic E-state index is 0.0147. The second kappa shape index (κ2) is 7.81. The third-order valence-electron chi connectivity index (χ3n) is 2.42. The summed E-state index contributed by atoms with van der Waals surface area (Å²) in [7, 11) is 0. The van der Waals surface area contributed by atoms with Crippen LogP contribution < -0.4 is 10.6 Å². The van der Waals surface area contributed by atoms with Gasteiger partial charge in [-0.05, 0) is 30.7 Å². The van der Waals surface area contributed by atoms with Crippen molar-refractivity contribution in [3.63, 3.8) is 0 Å². The van der Waals surface area contributed by atoms with Gasteiger partial charge in [0.25, 0.3) is 0 Å². The molecule has 17 heavy (non-hydrogen) atoms. The number of carbonyl (C=O) groups is 1. The lowest BCUT2D eigenvalue weighted by molar-refractivity contribution is -0.116. The highest BCUT2D eigenvalue weighted by atomic mass is 16.2. The van der Waals surface area contributed by atoms with Crippen LogP contribution in [0, 0.1) is 0 Å². The molecular formula is C13H20N2O2. The van der Waals surface area contributed by atoms with Gasteiger partial charge in [0.1, 0.15) is 0 Å². The third kappa shape index (κ3) is 5.47. The number of anilines is 1. The molecule has 0 bridgehead atoms. The van der Waals surface area contributed by atoms with E-state index < -0.39 is 0 Å². The average Bonchev–Trinajstić information content (AvgIpc) is 2.32. The summed E-state index contributed by atoms with van der Waals surface area (Å²) < 4.78 is 0. The smallest absolute Gasteiger partial charge is 0.225 e. The zero-order valence-corrected chi connectivity index (χ0v) is 10.2. The fourth-order valence-electron chi connectivity index (χ4n) is 1.49. The van der Waals surface area contributed by atoms with Crippen molar-refractivity contribution in [3.05, 3.63) is 29.8 Å². The van der Waals surface area contributed by atoms with Crippen LogP contribution in [-0.2, 0) is 11.2 Å². The fourth-order valence-corrected chi connectivity index (χ4v) is 1.49. The van der Waals surface area contributed by atoms with Crippen molar-refractivity contribution in [2.75, 3.05) is 25.0 Å². The van der Waals surface area contributed by atoms with Crippen LogP contribution in [0.5, 0.6) is 0 Å². The van der Waals surface area contributed by atoms with Gasteiger partial charge in [0.15, 0.2) is 0 Å². The molecule has 0 spiro atoms. The standard InChI is InChI=1S/C13H20N2O2/c1-2-14-9-7-13(17)15-12-5-3-11(4-6-12)8-10-16/h3-6,14,16H,2,7-10H2,1H3,(H,15,17). The number of benzene rings is 1. The van der Waals surface area contributed by atoms with Crippen molar-refractivity contribution >= 4 is 11.6 Å². The summed E-state index contributed by atoms with van der Waals surface area (Å²) >= 11 is 0. The lowest BCUT2D eigenvalue weighted by Gasteiger charge is -2.06. The maximum Gasteiger partial charge on any atom is 0.225 e. The molecule has 0 aliphatic carbocycles. The third-order valence-corrected chi connectivity index (χ3v) is 2.42. The highest BCUT2D eigenvalue weighted by Gasteiger charge is 2.01. The topological polar surface area (TPSA) is 61.4 Å². The van der Waals surface area contributed by atoms with E-state index in [0.717, 1.165) is 17.8 Å². The molecule has 0 unspecified atom stereocenters. The van der Waals surface area contributed by atoms with E-state index in [-0.39, 0.29) is 12.5 Å². The van der Waals surface area contributed by atoms with Crippen molar-refractivity contribution in [3.8, 4) is 0 Å². The van der Waals surface area contributed by atoms with Crippen molar-refractivity contribution in [1.82, 2.24) is 5.32 Å². The van der Waals surface area contributed by atoms with Gasteiger partial charge in [0.05, 0.1) is 0 Å². The summed E-state index contributed by atoms with van der Waals surface area (Å²) in [5.74, 6) is 0.0147. The SMILES string of the molecule is CCNCCC(=O)Nc1ccc(CCO)cc1. The predicted octanol–water partition coefficient (Wildman–Crippen LogP) is 1.16. The summed E-state index contributed by atoms with van der Waals surface area (Å²) in [5, 5.41) is 14.7. The van der Waals surface area contributed by atoms with Gasteiger partial charge in [-0.15, -0.1) is 0 Å². The predicted molar refractivity (Wildman–Crippen MR) is 69.0 cm³/mol. The first-order valence-electron chi connectivity index (χ1n) is 5.96. The van der Waals surface area contributed by atoms with E-state index in [2.05, 4.69) is 10.6 Å². The molecule has 1 aromatic rings. The van der Waals surface area contributed by atoms with E-state index >= 15 is 0 Å². The number of aliphatic hydroxyl groups is 1. The molecule has 1 amide bonds. The number of nitrogens with one attached hydrogen (secondary N) is 2. The molecule has 0 saturated carbocycles. The number of hydrogen-bond donors (Lipinski definition) is 3. The Bertz CT molecular complexity index is 336. The van der Waals surface area contributed by atoms with Gasteiger partial charge in [-0.2, -0.15) is 0 Å². The van der Waals surface area contributed by atoms with Crippen molar-refractivity contribution in [2.24, 2.45) is 0 Å². The highest BCUT2D eigenvalue weighted by Crippen LogP contribution is 2.10. The second-order valence-corrected chi connectivity index (χ2v) is 3.82. The Morgan fingerprint density at radius 1 is 1.29 bits per heavy atom. The lowest BCUT2D eigenvalue weighted by Crippen LogP contribution is -2.21. The van der Waals surface area contributed by atoms with Gasteiger partial charge >= 0.3 is 0 Å². The summed E-state index contributed by atoms with van der Waals surface area (Å²) in [5.41, 5.74) is 1.87. The van der Waals surface area contributed by atoms with Crippen LogP contribution in [0.25, 0.3) is 0 Å². The Kier molecular flexibility index (Phi) is 6.29. The van der Waals surface area contributed by atoms with Crippen LogP contribution in [0.1, 0.15) is 18.9 Å². The van der Waals surface area contributed by atoms with Gasteiger partial charge in [-0.25, -0.2) is 0 Å². The maximum atomic E-state index is 11.5. The molecule has 3 N–H and O–H groups in total. The Morgan fingerprint density at radius 2 is 2.00 bits per heavy atom. The van der Waals surface area contributed by atoms with Gasteiger partial charge in [-0.1, -0.05) is 19.1 Å². The first kappa shape index (κ1) is 13.7. The molecule has 94 valence electrons. The Morgan fingerprint density at radius 3 is 2.59 bits per heavy atom. The zero-order valence-electron chi connectivity index (χ0n) is 10.2.